The zero-order valence-corrected chi connectivity index (χ0v) is 21.8. The van der Waals surface area contributed by atoms with Gasteiger partial charge in [0.05, 0.1) is 6.61 Å². The molecule has 1 N–H and O–H groups in total. The average molecular weight is 485 g/mol. The number of hydrogen-bond donors (Lipinski definition) is 1. The maximum absolute atomic E-state index is 11.0. The standard InChI is InChI=1S/C28H40N2O3.CH4O/c1-4-33-28(10-7-23-5-6-23)26(19-22(2)25-8-9-25)20-30-16-12-27(13-17-30)29(3)15-11-24(21-32)14-18-31;1-2/h10-11,14-15,18-19,21,23,25,27H,2,4-9,12-13,16-17,20H2,1,3H3;2H,1H3/b15-11-,24-14+,26-19-,28-10+;. The largest absolute Gasteiger partial charge is 0.494 e. The van der Waals surface area contributed by atoms with Crippen LogP contribution in [0.15, 0.2) is 59.6 Å². The maximum Gasteiger partial charge on any atom is 0.150 e. The molecule has 1 saturated heterocycles. The Kier molecular flexibility index (Phi) is 12.8. The molecule has 0 radical (unpaired) electrons. The number of ether oxygens (including phenoxy) is 1. The minimum absolute atomic E-state index is 0.390. The monoisotopic (exact) mass is 484 g/mol. The van der Waals surface area contributed by atoms with Crippen molar-refractivity contribution in [2.24, 2.45) is 11.8 Å². The van der Waals surface area contributed by atoms with Gasteiger partial charge in [-0.25, -0.2) is 0 Å². The lowest BCUT2D eigenvalue weighted by atomic mass is 10.0. The van der Waals surface area contributed by atoms with Crippen molar-refractivity contribution in [1.82, 2.24) is 9.80 Å². The van der Waals surface area contributed by atoms with Gasteiger partial charge in [-0.2, -0.15) is 0 Å². The van der Waals surface area contributed by atoms with Crippen LogP contribution in [-0.2, 0) is 14.3 Å². The summed E-state index contributed by atoms with van der Waals surface area (Å²) in [7, 11) is 3.04. The van der Waals surface area contributed by atoms with Crippen molar-refractivity contribution >= 4 is 12.6 Å². The highest BCUT2D eigenvalue weighted by Crippen LogP contribution is 2.38. The highest BCUT2D eigenvalue weighted by Gasteiger charge is 2.26. The smallest absolute Gasteiger partial charge is 0.150 e. The molecule has 0 amide bonds. The van der Waals surface area contributed by atoms with Crippen molar-refractivity contribution in [2.75, 3.05) is 40.4 Å². The first-order chi connectivity index (χ1) is 17.0. The van der Waals surface area contributed by atoms with Crippen molar-refractivity contribution in [1.29, 1.82) is 0 Å². The average Bonchev–Trinajstić information content (AvgIpc) is 3.79. The zero-order chi connectivity index (χ0) is 25.6. The van der Waals surface area contributed by atoms with Crippen LogP contribution >= 0.6 is 0 Å². The second kappa shape index (κ2) is 15.5. The van der Waals surface area contributed by atoms with Gasteiger partial charge in [0, 0.05) is 51.0 Å². The SMILES string of the molecule is C=C(/C=C(CN1CCC(N(C)/C=C\C(C=O)=C/C=O)CC1)\C(=C/CC1CC1)OCC)C1CC1.CO. The second-order valence-corrected chi connectivity index (χ2v) is 9.61. The zero-order valence-electron chi connectivity index (χ0n) is 21.8. The molecule has 3 rings (SSSR count). The van der Waals surface area contributed by atoms with Crippen LogP contribution in [0, 0.1) is 11.8 Å². The van der Waals surface area contributed by atoms with E-state index in [2.05, 4.69) is 35.5 Å². The van der Waals surface area contributed by atoms with Crippen LogP contribution in [0.25, 0.3) is 0 Å². The normalized spacial score (nSPS) is 20.3. The number of aldehydes is 2. The molecule has 3 fully saturated rings. The maximum atomic E-state index is 11.0. The molecule has 6 heteroatoms. The number of aliphatic hydroxyl groups excluding tert-OH is 1. The van der Waals surface area contributed by atoms with E-state index in [4.69, 9.17) is 9.84 Å². The molecule has 0 spiro atoms. The molecule has 1 aliphatic heterocycles. The van der Waals surface area contributed by atoms with Crippen LogP contribution in [0.4, 0.5) is 0 Å². The highest BCUT2D eigenvalue weighted by atomic mass is 16.5. The summed E-state index contributed by atoms with van der Waals surface area (Å²) in [5.74, 6) is 2.55. The summed E-state index contributed by atoms with van der Waals surface area (Å²) in [6.07, 6.45) is 19.3. The lowest BCUT2D eigenvalue weighted by molar-refractivity contribution is -0.106. The fourth-order valence-electron chi connectivity index (χ4n) is 4.32. The number of rotatable bonds is 14. The molecule has 0 aromatic heterocycles. The van der Waals surface area contributed by atoms with Gasteiger partial charge in [0.25, 0.3) is 0 Å². The number of carbonyl (C=O) groups excluding carboxylic acids is 2. The van der Waals surface area contributed by atoms with Crippen molar-refractivity contribution in [3.05, 3.63) is 59.6 Å². The summed E-state index contributed by atoms with van der Waals surface area (Å²) < 4.78 is 6.12. The van der Waals surface area contributed by atoms with E-state index in [1.807, 2.05) is 13.2 Å². The van der Waals surface area contributed by atoms with Gasteiger partial charge in [-0.3, -0.25) is 14.5 Å². The second-order valence-electron chi connectivity index (χ2n) is 9.61. The topological polar surface area (TPSA) is 70.1 Å². The van der Waals surface area contributed by atoms with Crippen LogP contribution < -0.4 is 0 Å². The van der Waals surface area contributed by atoms with E-state index < -0.39 is 0 Å². The van der Waals surface area contributed by atoms with E-state index in [-0.39, 0.29) is 0 Å². The molecule has 1 heterocycles. The molecule has 2 saturated carbocycles. The molecule has 0 aromatic rings. The summed E-state index contributed by atoms with van der Waals surface area (Å²) in [5, 5.41) is 7.00. The van der Waals surface area contributed by atoms with E-state index in [9.17, 15) is 9.59 Å². The number of carbonyl (C=O) groups is 2. The van der Waals surface area contributed by atoms with Crippen molar-refractivity contribution in [3.63, 3.8) is 0 Å². The van der Waals surface area contributed by atoms with Gasteiger partial charge < -0.3 is 14.7 Å². The van der Waals surface area contributed by atoms with Crippen molar-refractivity contribution in [3.8, 4) is 0 Å². The molecule has 2 aliphatic carbocycles. The predicted molar refractivity (Wildman–Crippen MR) is 142 cm³/mol. The van der Waals surface area contributed by atoms with Gasteiger partial charge >= 0.3 is 0 Å². The molecule has 0 aromatic carbocycles. The first-order valence-electron chi connectivity index (χ1n) is 12.9. The van der Waals surface area contributed by atoms with Crippen molar-refractivity contribution < 1.29 is 19.4 Å². The van der Waals surface area contributed by atoms with E-state index in [0.717, 1.165) is 57.7 Å². The quantitative estimate of drug-likeness (QED) is 0.170. The van der Waals surface area contributed by atoms with E-state index in [0.29, 0.717) is 36.7 Å². The summed E-state index contributed by atoms with van der Waals surface area (Å²) in [5.41, 5.74) is 2.91. The molecule has 0 unspecified atom stereocenters. The van der Waals surface area contributed by atoms with Crippen LogP contribution in [0.3, 0.4) is 0 Å². The summed E-state index contributed by atoms with van der Waals surface area (Å²) in [4.78, 5) is 26.3. The molecule has 0 bridgehead atoms. The summed E-state index contributed by atoms with van der Waals surface area (Å²) in [6.45, 7) is 10.0. The number of allylic oxidation sites excluding steroid dienone is 6. The summed E-state index contributed by atoms with van der Waals surface area (Å²) in [6, 6.07) is 0.423. The molecule has 3 aliphatic rings. The number of nitrogens with zero attached hydrogens (tertiary/aromatic N) is 2. The predicted octanol–water partition coefficient (Wildman–Crippen LogP) is 4.44. The van der Waals surface area contributed by atoms with Gasteiger partial charge in [-0.15, -0.1) is 0 Å². The third-order valence-corrected chi connectivity index (χ3v) is 6.84. The number of likely N-dealkylation sites (tertiary alicyclic amines) is 1. The van der Waals surface area contributed by atoms with Gasteiger partial charge in [0.1, 0.15) is 18.3 Å². The van der Waals surface area contributed by atoms with Gasteiger partial charge in [0.15, 0.2) is 0 Å². The third kappa shape index (κ3) is 10.4. The van der Waals surface area contributed by atoms with Crippen LogP contribution in [-0.4, -0.2) is 73.9 Å². The Labute approximate surface area is 211 Å². The van der Waals surface area contributed by atoms with E-state index in [1.54, 1.807) is 6.08 Å². The first-order valence-corrected chi connectivity index (χ1v) is 12.9. The minimum atomic E-state index is 0.390. The molecular weight excluding hydrogens is 440 g/mol. The van der Waals surface area contributed by atoms with Crippen LogP contribution in [0.5, 0.6) is 0 Å². The lowest BCUT2D eigenvalue weighted by Crippen LogP contribution is -2.42. The fourth-order valence-corrected chi connectivity index (χ4v) is 4.32. The Hall–Kier alpha value is -2.44. The van der Waals surface area contributed by atoms with E-state index in [1.165, 1.54) is 42.9 Å². The third-order valence-electron chi connectivity index (χ3n) is 6.84. The van der Waals surface area contributed by atoms with E-state index >= 15 is 0 Å². The Bertz CT molecular complexity index is 811. The van der Waals surface area contributed by atoms with Gasteiger partial charge in [0.2, 0.25) is 0 Å². The lowest BCUT2D eigenvalue weighted by Gasteiger charge is -2.37. The van der Waals surface area contributed by atoms with Gasteiger partial charge in [-0.1, -0.05) is 18.2 Å². The Morgan fingerprint density at radius 3 is 2.34 bits per heavy atom. The molecule has 6 nitrogen and oxygen atoms in total. The molecule has 0 atom stereocenters. The van der Waals surface area contributed by atoms with Crippen molar-refractivity contribution in [2.45, 2.75) is 57.9 Å². The van der Waals surface area contributed by atoms with Crippen LogP contribution in [0.2, 0.25) is 0 Å². The van der Waals surface area contributed by atoms with Crippen LogP contribution in [0.1, 0.15) is 51.9 Å². The summed E-state index contributed by atoms with van der Waals surface area (Å²) >= 11 is 0. The number of hydrogen-bond acceptors (Lipinski definition) is 6. The molecular formula is C29H44N2O4. The minimum Gasteiger partial charge on any atom is -0.494 e. The Morgan fingerprint density at radius 1 is 1.11 bits per heavy atom. The Balaban J connectivity index is 0.00000210. The number of piperidine rings is 1. The molecule has 194 valence electrons. The molecule has 35 heavy (non-hydrogen) atoms. The number of aliphatic hydroxyl groups is 1. The Morgan fingerprint density at radius 2 is 1.80 bits per heavy atom. The first kappa shape index (κ1) is 28.8. The highest BCUT2D eigenvalue weighted by molar-refractivity contribution is 5.84. The fraction of sp³-hybridized carbons (Fsp3) is 0.586. The van der Waals surface area contributed by atoms with Gasteiger partial charge in [-0.05, 0) is 88.1 Å².